The van der Waals surface area contributed by atoms with Crippen LogP contribution in [0.5, 0.6) is 11.6 Å². The molecule has 7 nitrogen and oxygen atoms in total. The van der Waals surface area contributed by atoms with Gasteiger partial charge >= 0.3 is 0 Å². The standard InChI is InChI=1S/C17H19N3O4S/c1-4-20-16(21)11(9-18-20)17(22)25-14-6-5-13-15(10(14)2)12(19-23-3)7-8-24-13/h5-6,9,21H,4,7-8H2,1-3H3. The first-order chi connectivity index (χ1) is 12.1. The molecule has 1 aliphatic rings. The van der Waals surface area contributed by atoms with Gasteiger partial charge in [0.1, 0.15) is 18.4 Å². The molecular formula is C17H19N3O4S. The van der Waals surface area contributed by atoms with Crippen molar-refractivity contribution in [2.24, 2.45) is 5.16 Å². The van der Waals surface area contributed by atoms with E-state index in [2.05, 4.69) is 10.3 Å². The van der Waals surface area contributed by atoms with Crippen LogP contribution in [0, 0.1) is 6.92 Å². The summed E-state index contributed by atoms with van der Waals surface area (Å²) in [7, 11) is 1.51. The molecule has 0 bridgehead atoms. The Bertz CT molecular complexity index is 845. The Balaban J connectivity index is 1.93. The van der Waals surface area contributed by atoms with E-state index in [0.717, 1.165) is 39.2 Å². The maximum Gasteiger partial charge on any atom is 0.231 e. The zero-order chi connectivity index (χ0) is 18.0. The molecule has 8 heteroatoms. The van der Waals surface area contributed by atoms with Gasteiger partial charge in [-0.15, -0.1) is 0 Å². The average Bonchev–Trinajstić information content (AvgIpc) is 2.98. The molecular weight excluding hydrogens is 342 g/mol. The monoisotopic (exact) mass is 361 g/mol. The van der Waals surface area contributed by atoms with Crippen LogP contribution in [-0.2, 0) is 11.4 Å². The number of nitrogens with zero attached hydrogens (tertiary/aromatic N) is 3. The van der Waals surface area contributed by atoms with E-state index in [9.17, 15) is 9.90 Å². The Morgan fingerprint density at radius 3 is 3.00 bits per heavy atom. The Morgan fingerprint density at radius 1 is 1.52 bits per heavy atom. The van der Waals surface area contributed by atoms with Gasteiger partial charge in [-0.2, -0.15) is 5.10 Å². The summed E-state index contributed by atoms with van der Waals surface area (Å²) in [5, 5.41) is 17.9. The summed E-state index contributed by atoms with van der Waals surface area (Å²) in [5.74, 6) is 0.624. The second-order valence-electron chi connectivity index (χ2n) is 5.47. The number of carbonyl (C=O) groups excluding carboxylic acids is 1. The fourth-order valence-corrected chi connectivity index (χ4v) is 3.60. The van der Waals surface area contributed by atoms with E-state index in [1.54, 1.807) is 0 Å². The maximum atomic E-state index is 12.6. The predicted molar refractivity (Wildman–Crippen MR) is 94.6 cm³/mol. The van der Waals surface area contributed by atoms with Crippen LogP contribution in [0.2, 0.25) is 0 Å². The van der Waals surface area contributed by atoms with Crippen LogP contribution in [0.15, 0.2) is 28.4 Å². The van der Waals surface area contributed by atoms with Crippen molar-refractivity contribution in [3.63, 3.8) is 0 Å². The summed E-state index contributed by atoms with van der Waals surface area (Å²) < 4.78 is 7.06. The highest BCUT2D eigenvalue weighted by Gasteiger charge is 2.24. The van der Waals surface area contributed by atoms with E-state index < -0.39 is 0 Å². The lowest BCUT2D eigenvalue weighted by molar-refractivity contribution is 0.108. The summed E-state index contributed by atoms with van der Waals surface area (Å²) >= 11 is 1.05. The Labute approximate surface area is 149 Å². The van der Waals surface area contributed by atoms with Gasteiger partial charge < -0.3 is 14.7 Å². The van der Waals surface area contributed by atoms with Crippen molar-refractivity contribution in [3.05, 3.63) is 35.0 Å². The Morgan fingerprint density at radius 2 is 2.32 bits per heavy atom. The molecule has 1 aliphatic heterocycles. The number of fused-ring (bicyclic) bond motifs is 1. The quantitative estimate of drug-likeness (QED) is 0.665. The molecule has 0 saturated heterocycles. The minimum Gasteiger partial charge on any atom is -0.493 e. The van der Waals surface area contributed by atoms with Gasteiger partial charge in [0.05, 0.1) is 18.5 Å². The molecule has 0 radical (unpaired) electrons. The third kappa shape index (κ3) is 3.21. The molecule has 0 unspecified atom stereocenters. The minimum absolute atomic E-state index is 0.111. The van der Waals surface area contributed by atoms with Gasteiger partial charge in [0.15, 0.2) is 0 Å². The van der Waals surface area contributed by atoms with Gasteiger partial charge in [0.25, 0.3) is 0 Å². The molecule has 1 aromatic heterocycles. The van der Waals surface area contributed by atoms with E-state index >= 15 is 0 Å². The fraction of sp³-hybridized carbons (Fsp3) is 0.353. The van der Waals surface area contributed by atoms with Crippen LogP contribution in [0.1, 0.15) is 34.8 Å². The summed E-state index contributed by atoms with van der Waals surface area (Å²) in [5.41, 5.74) is 2.76. The first-order valence-electron chi connectivity index (χ1n) is 7.90. The molecule has 1 N–H and O–H groups in total. The molecule has 0 spiro atoms. The number of rotatable bonds is 4. The number of carbonyl (C=O) groups is 1. The van der Waals surface area contributed by atoms with Crippen LogP contribution >= 0.6 is 11.8 Å². The van der Waals surface area contributed by atoms with Crippen LogP contribution in [-0.4, -0.2) is 39.4 Å². The molecule has 2 heterocycles. The highest BCUT2D eigenvalue weighted by atomic mass is 32.2. The molecule has 25 heavy (non-hydrogen) atoms. The van der Waals surface area contributed by atoms with E-state index in [1.807, 2.05) is 26.0 Å². The number of hydrogen-bond acceptors (Lipinski definition) is 7. The van der Waals surface area contributed by atoms with Crippen LogP contribution in [0.3, 0.4) is 0 Å². The van der Waals surface area contributed by atoms with Crippen molar-refractivity contribution in [1.29, 1.82) is 0 Å². The number of ether oxygens (including phenoxy) is 1. The lowest BCUT2D eigenvalue weighted by Crippen LogP contribution is -2.18. The number of oxime groups is 1. The number of thioether (sulfide) groups is 1. The molecule has 1 aromatic carbocycles. The number of aromatic hydroxyl groups is 1. The van der Waals surface area contributed by atoms with Gasteiger partial charge in [-0.3, -0.25) is 4.79 Å². The predicted octanol–water partition coefficient (Wildman–Crippen LogP) is 2.98. The smallest absolute Gasteiger partial charge is 0.231 e. The van der Waals surface area contributed by atoms with E-state index in [4.69, 9.17) is 9.57 Å². The van der Waals surface area contributed by atoms with Gasteiger partial charge in [0, 0.05) is 23.4 Å². The molecule has 0 aliphatic carbocycles. The molecule has 3 rings (SSSR count). The van der Waals surface area contributed by atoms with Gasteiger partial charge in [-0.1, -0.05) is 5.16 Å². The normalized spacial score (nSPS) is 14.9. The van der Waals surface area contributed by atoms with Crippen LogP contribution < -0.4 is 4.74 Å². The van der Waals surface area contributed by atoms with Crippen LogP contribution in [0.4, 0.5) is 0 Å². The van der Waals surface area contributed by atoms with E-state index in [1.165, 1.54) is 18.0 Å². The first-order valence-corrected chi connectivity index (χ1v) is 8.72. The molecule has 0 saturated carbocycles. The minimum atomic E-state index is -0.262. The molecule has 0 atom stereocenters. The Hall–Kier alpha value is -2.48. The maximum absolute atomic E-state index is 12.6. The van der Waals surface area contributed by atoms with E-state index in [-0.39, 0.29) is 16.6 Å². The zero-order valence-corrected chi connectivity index (χ0v) is 15.1. The molecule has 0 amide bonds. The van der Waals surface area contributed by atoms with Crippen LogP contribution in [0.25, 0.3) is 0 Å². The van der Waals surface area contributed by atoms with Gasteiger partial charge in [-0.05, 0) is 43.3 Å². The van der Waals surface area contributed by atoms with Crippen molar-refractivity contribution < 1.29 is 19.5 Å². The number of aryl methyl sites for hydroxylation is 1. The highest BCUT2D eigenvalue weighted by molar-refractivity contribution is 8.14. The topological polar surface area (TPSA) is 85.9 Å². The van der Waals surface area contributed by atoms with Crippen molar-refractivity contribution in [2.45, 2.75) is 31.7 Å². The average molecular weight is 361 g/mol. The molecule has 2 aromatic rings. The molecule has 0 fully saturated rings. The Kier molecular flexibility index (Phi) is 4.98. The lowest BCUT2D eigenvalue weighted by Gasteiger charge is -2.21. The van der Waals surface area contributed by atoms with Gasteiger partial charge in [0.2, 0.25) is 11.0 Å². The second kappa shape index (κ2) is 7.18. The third-order valence-corrected chi connectivity index (χ3v) is 5.06. The zero-order valence-electron chi connectivity index (χ0n) is 14.3. The van der Waals surface area contributed by atoms with Crippen molar-refractivity contribution >= 4 is 22.6 Å². The van der Waals surface area contributed by atoms with Crippen molar-refractivity contribution in [2.75, 3.05) is 13.7 Å². The SMILES string of the molecule is CCn1ncc(C(=O)Sc2ccc3c(c2C)C(=NOC)CCO3)c1O. The second-order valence-corrected chi connectivity index (χ2v) is 6.48. The largest absolute Gasteiger partial charge is 0.493 e. The van der Waals surface area contributed by atoms with Crippen molar-refractivity contribution in [1.82, 2.24) is 9.78 Å². The summed E-state index contributed by atoms with van der Waals surface area (Å²) in [6.07, 6.45) is 2.04. The fourth-order valence-electron chi connectivity index (χ4n) is 2.75. The summed E-state index contributed by atoms with van der Waals surface area (Å²) in [6.45, 7) is 4.81. The number of hydrogen-bond donors (Lipinski definition) is 1. The summed E-state index contributed by atoms with van der Waals surface area (Å²) in [4.78, 5) is 18.3. The highest BCUT2D eigenvalue weighted by Crippen LogP contribution is 2.36. The van der Waals surface area contributed by atoms with Gasteiger partial charge in [-0.25, -0.2) is 4.68 Å². The first kappa shape index (κ1) is 17.3. The van der Waals surface area contributed by atoms with Crippen molar-refractivity contribution in [3.8, 4) is 11.6 Å². The lowest BCUT2D eigenvalue weighted by atomic mass is 9.99. The van der Waals surface area contributed by atoms with E-state index in [0.29, 0.717) is 19.6 Å². The number of aromatic nitrogens is 2. The molecule has 132 valence electrons. The summed E-state index contributed by atoms with van der Waals surface area (Å²) in [6, 6.07) is 3.67. The number of benzene rings is 1. The third-order valence-electron chi connectivity index (χ3n) is 4.00.